The zero-order valence-electron chi connectivity index (χ0n) is 31.9. The zero-order chi connectivity index (χ0) is 39.6. The Labute approximate surface area is 324 Å². The third kappa shape index (κ3) is 5.61. The predicted octanol–water partition coefficient (Wildman–Crippen LogP) is 5.06. The number of cyclic esters (lactones) is 1. The fourth-order valence-electron chi connectivity index (χ4n) is 8.53. The molecule has 0 saturated carbocycles. The van der Waals surface area contributed by atoms with Gasteiger partial charge >= 0.3 is 20.3 Å². The monoisotopic (exact) mass is 767 g/mol. The molecule has 11 nitrogen and oxygen atoms in total. The van der Waals surface area contributed by atoms with Crippen molar-refractivity contribution in [3.63, 3.8) is 0 Å². The maximum atomic E-state index is 14.3. The van der Waals surface area contributed by atoms with Gasteiger partial charge in [-0.1, -0.05) is 95.3 Å². The maximum absolute atomic E-state index is 14.3. The maximum Gasteiger partial charge on any atom is 0.355 e. The van der Waals surface area contributed by atoms with Gasteiger partial charge < -0.3 is 18.5 Å². The molecule has 5 aromatic rings. The van der Waals surface area contributed by atoms with Crippen molar-refractivity contribution in [2.24, 2.45) is 0 Å². The number of hydrogen-bond donors (Lipinski definition) is 0. The molecule has 1 unspecified atom stereocenters. The lowest BCUT2D eigenvalue weighted by atomic mass is 9.85. The number of fused-ring (bicyclic) bond motifs is 5. The quantitative estimate of drug-likeness (QED) is 0.113. The van der Waals surface area contributed by atoms with Crippen LogP contribution in [-0.2, 0) is 53.8 Å². The number of hydrogen-bond acceptors (Lipinski definition) is 9. The van der Waals surface area contributed by atoms with E-state index in [1.165, 1.54) is 0 Å². The van der Waals surface area contributed by atoms with Crippen LogP contribution in [0.2, 0.25) is 5.04 Å². The minimum atomic E-state index is -2.93. The van der Waals surface area contributed by atoms with Gasteiger partial charge in [-0.2, -0.15) is 0 Å². The number of esters is 2. The van der Waals surface area contributed by atoms with Crippen molar-refractivity contribution >= 4 is 53.3 Å². The Bertz CT molecular complexity index is 2500. The number of benzene rings is 3. The molecule has 2 aromatic heterocycles. The molecule has 2 amide bonds. The summed E-state index contributed by atoms with van der Waals surface area (Å²) in [6.45, 7) is 9.68. The molecule has 284 valence electrons. The second-order valence-corrected chi connectivity index (χ2v) is 19.6. The van der Waals surface area contributed by atoms with E-state index in [-0.39, 0.29) is 41.3 Å². The summed E-state index contributed by atoms with van der Waals surface area (Å²) in [5, 5.41) is 2.99. The van der Waals surface area contributed by atoms with Crippen LogP contribution in [0.15, 0.2) is 102 Å². The molecule has 0 spiro atoms. The van der Waals surface area contributed by atoms with Gasteiger partial charge in [-0.15, -0.1) is 0 Å². The third-order valence-corrected chi connectivity index (χ3v) is 16.2. The van der Waals surface area contributed by atoms with E-state index in [2.05, 4.69) is 82.3 Å². The van der Waals surface area contributed by atoms with E-state index in [1.54, 1.807) is 17.6 Å². The van der Waals surface area contributed by atoms with Crippen LogP contribution in [-0.4, -0.2) is 53.1 Å². The molecule has 3 aromatic carbocycles. The minimum absolute atomic E-state index is 0.0556. The Morgan fingerprint density at radius 3 is 2.11 bits per heavy atom. The van der Waals surface area contributed by atoms with E-state index in [1.807, 2.05) is 24.3 Å². The standard InChI is InChI=1S/C44H41N3O8Si/c1-6-30-31-22-27(55-56(43(3,4)5,28-14-10-8-11-15-28)29-16-12-9-13-17-29)18-19-35(31)45-40-32(30)24-46-36(40)23-34-33(41(46)51)26-53-42(52)44(34,7-2)54-39(50)25-47-37(48)20-21-38(47)49/h8-23H,6-7,24-26H2,1-5H3. The first-order valence-corrected chi connectivity index (χ1v) is 20.7. The lowest BCUT2D eigenvalue weighted by molar-refractivity contribution is -0.190. The largest absolute Gasteiger partial charge is 0.534 e. The fraction of sp³-hybridized carbons (Fsp3) is 0.273. The molecular formula is C44H41N3O8Si. The average Bonchev–Trinajstić information content (AvgIpc) is 3.72. The molecule has 1 atom stereocenters. The van der Waals surface area contributed by atoms with Gasteiger partial charge in [0.05, 0.1) is 29.0 Å². The first-order valence-electron chi connectivity index (χ1n) is 18.8. The van der Waals surface area contributed by atoms with Crippen LogP contribution in [0.4, 0.5) is 0 Å². The van der Waals surface area contributed by atoms with Crippen LogP contribution in [0.5, 0.6) is 5.75 Å². The Morgan fingerprint density at radius 1 is 0.875 bits per heavy atom. The van der Waals surface area contributed by atoms with Crippen LogP contribution in [0.25, 0.3) is 22.3 Å². The van der Waals surface area contributed by atoms with Gasteiger partial charge in [-0.3, -0.25) is 24.1 Å². The molecule has 0 N–H and O–H groups in total. The van der Waals surface area contributed by atoms with Gasteiger partial charge in [0.25, 0.3) is 17.4 Å². The van der Waals surface area contributed by atoms with Gasteiger partial charge in [-0.05, 0) is 58.1 Å². The van der Waals surface area contributed by atoms with Crippen molar-refractivity contribution in [2.45, 2.75) is 71.3 Å². The van der Waals surface area contributed by atoms with E-state index < -0.39 is 44.2 Å². The smallest absolute Gasteiger partial charge is 0.355 e. The fourth-order valence-corrected chi connectivity index (χ4v) is 12.9. The van der Waals surface area contributed by atoms with Crippen LogP contribution in [0.3, 0.4) is 0 Å². The summed E-state index contributed by atoms with van der Waals surface area (Å²) in [5.74, 6) is -2.43. The molecule has 3 aliphatic rings. The van der Waals surface area contributed by atoms with E-state index >= 15 is 0 Å². The SMILES string of the molecule is CCc1c2c(nc3ccc(O[Si](c4ccccc4)(c4ccccc4)C(C)(C)C)cc13)-c1cc3c(c(=O)n1C2)COC(=O)C3(CC)OC(=O)CN1C(=O)C=CC1=O. The first kappa shape index (κ1) is 36.8. The summed E-state index contributed by atoms with van der Waals surface area (Å²) in [7, 11) is -2.93. The molecule has 0 aliphatic carbocycles. The van der Waals surface area contributed by atoms with Gasteiger partial charge in [0, 0.05) is 28.7 Å². The van der Waals surface area contributed by atoms with Gasteiger partial charge in [0.15, 0.2) is 0 Å². The summed E-state index contributed by atoms with van der Waals surface area (Å²) in [5.41, 5.74) is 1.76. The minimum Gasteiger partial charge on any atom is -0.534 e. The molecular weight excluding hydrogens is 727 g/mol. The van der Waals surface area contributed by atoms with Crippen LogP contribution >= 0.6 is 0 Å². The van der Waals surface area contributed by atoms with E-state index in [0.29, 0.717) is 17.8 Å². The molecule has 3 aliphatic heterocycles. The van der Waals surface area contributed by atoms with Gasteiger partial charge in [0.1, 0.15) is 18.9 Å². The summed E-state index contributed by atoms with van der Waals surface area (Å²) >= 11 is 0. The number of pyridine rings is 2. The Hall–Kier alpha value is -6.14. The first-order chi connectivity index (χ1) is 26.8. The molecule has 0 radical (unpaired) electrons. The number of nitrogens with zero attached hydrogens (tertiary/aromatic N) is 3. The summed E-state index contributed by atoms with van der Waals surface area (Å²) in [6.07, 6.45) is 2.71. The second kappa shape index (κ2) is 13.6. The number of amides is 2. The summed E-state index contributed by atoms with van der Waals surface area (Å²) < 4.78 is 20.3. The number of rotatable bonds is 9. The van der Waals surface area contributed by atoms with Crippen LogP contribution in [0, 0.1) is 0 Å². The summed E-state index contributed by atoms with van der Waals surface area (Å²) in [6, 6.07) is 28.6. The van der Waals surface area contributed by atoms with Gasteiger partial charge in [0.2, 0.25) is 5.60 Å². The van der Waals surface area contributed by atoms with E-state index in [0.717, 1.165) is 55.2 Å². The molecule has 12 heteroatoms. The van der Waals surface area contributed by atoms with Crippen LogP contribution < -0.4 is 20.4 Å². The number of aryl methyl sites for hydroxylation is 1. The zero-order valence-corrected chi connectivity index (χ0v) is 32.9. The molecule has 0 bridgehead atoms. The van der Waals surface area contributed by atoms with Crippen molar-refractivity contribution < 1.29 is 33.1 Å². The molecule has 0 saturated heterocycles. The second-order valence-electron chi connectivity index (χ2n) is 15.4. The highest BCUT2D eigenvalue weighted by molar-refractivity contribution is 7.00. The van der Waals surface area contributed by atoms with E-state index in [9.17, 15) is 24.0 Å². The number of aromatic nitrogens is 2. The number of carbonyl (C=O) groups is 4. The highest BCUT2D eigenvalue weighted by Gasteiger charge is 2.53. The lowest BCUT2D eigenvalue weighted by Crippen LogP contribution is -2.68. The highest BCUT2D eigenvalue weighted by atomic mass is 28.4. The number of carbonyl (C=O) groups excluding carboxylic acids is 4. The molecule has 5 heterocycles. The highest BCUT2D eigenvalue weighted by Crippen LogP contribution is 2.43. The normalized spacial score (nSPS) is 17.4. The Morgan fingerprint density at radius 2 is 1.52 bits per heavy atom. The van der Waals surface area contributed by atoms with Crippen molar-refractivity contribution in [1.29, 1.82) is 0 Å². The number of ether oxygens (including phenoxy) is 2. The predicted molar refractivity (Wildman–Crippen MR) is 212 cm³/mol. The number of imide groups is 1. The third-order valence-electron chi connectivity index (χ3n) is 11.3. The molecule has 8 rings (SSSR count). The summed E-state index contributed by atoms with van der Waals surface area (Å²) in [4.78, 5) is 71.2. The van der Waals surface area contributed by atoms with Crippen molar-refractivity contribution in [2.75, 3.05) is 6.54 Å². The van der Waals surface area contributed by atoms with Crippen molar-refractivity contribution in [3.05, 3.63) is 130 Å². The van der Waals surface area contributed by atoms with Crippen molar-refractivity contribution in [1.82, 2.24) is 14.5 Å². The Kier molecular flexibility index (Phi) is 8.91. The van der Waals surface area contributed by atoms with E-state index in [4.69, 9.17) is 18.9 Å². The Balaban J connectivity index is 1.22. The lowest BCUT2D eigenvalue weighted by Gasteiger charge is -2.43. The van der Waals surface area contributed by atoms with Gasteiger partial charge in [-0.25, -0.2) is 9.78 Å². The molecule has 0 fully saturated rings. The van der Waals surface area contributed by atoms with Crippen LogP contribution in [0.1, 0.15) is 63.3 Å². The average molecular weight is 768 g/mol. The van der Waals surface area contributed by atoms with Crippen molar-refractivity contribution in [3.8, 4) is 17.1 Å². The molecule has 56 heavy (non-hydrogen) atoms. The topological polar surface area (TPSA) is 134 Å².